The van der Waals surface area contributed by atoms with Crippen LogP contribution < -0.4 is 5.73 Å². The molecule has 2 heterocycles. The van der Waals surface area contributed by atoms with Crippen molar-refractivity contribution >= 4 is 22.7 Å². The lowest BCUT2D eigenvalue weighted by Gasteiger charge is -2.34. The van der Waals surface area contributed by atoms with Crippen molar-refractivity contribution in [1.82, 2.24) is 20.0 Å². The van der Waals surface area contributed by atoms with Gasteiger partial charge in [-0.2, -0.15) is 5.10 Å². The van der Waals surface area contributed by atoms with Gasteiger partial charge in [0.05, 0.1) is 5.52 Å². The van der Waals surface area contributed by atoms with Gasteiger partial charge in [-0.05, 0) is 23.8 Å². The molecule has 0 bridgehead atoms. The maximum atomic E-state index is 12.8. The summed E-state index contributed by atoms with van der Waals surface area (Å²) in [5.41, 5.74) is 8.27. The Kier molecular flexibility index (Phi) is 4.60. The third kappa shape index (κ3) is 3.54. The largest absolute Gasteiger partial charge is 0.366 e. The minimum absolute atomic E-state index is 0.0297. The van der Waals surface area contributed by atoms with Crippen LogP contribution in [0.3, 0.4) is 0 Å². The van der Waals surface area contributed by atoms with Gasteiger partial charge < -0.3 is 10.6 Å². The molecule has 1 aliphatic heterocycles. The van der Waals surface area contributed by atoms with Crippen LogP contribution in [0.5, 0.6) is 0 Å². The third-order valence-corrected chi connectivity index (χ3v) is 4.98. The number of nitrogens with one attached hydrogen (secondary N) is 1. The molecule has 3 aromatic rings. The molecule has 3 N–H and O–H groups in total. The Bertz CT molecular complexity index is 971. The number of piperazine rings is 1. The molecule has 0 unspecified atom stereocenters. The lowest BCUT2D eigenvalue weighted by Crippen LogP contribution is -2.48. The van der Waals surface area contributed by atoms with Crippen molar-refractivity contribution in [2.24, 2.45) is 5.73 Å². The monoisotopic (exact) mass is 363 g/mol. The maximum absolute atomic E-state index is 12.8. The van der Waals surface area contributed by atoms with Crippen LogP contribution in [0.25, 0.3) is 10.9 Å². The summed E-state index contributed by atoms with van der Waals surface area (Å²) in [6.45, 7) is 3.71. The Morgan fingerprint density at radius 1 is 1.00 bits per heavy atom. The van der Waals surface area contributed by atoms with E-state index in [0.29, 0.717) is 24.3 Å². The highest BCUT2D eigenvalue weighted by Crippen LogP contribution is 2.18. The average Bonchev–Trinajstić information content (AvgIpc) is 3.12. The second kappa shape index (κ2) is 7.20. The second-order valence-electron chi connectivity index (χ2n) is 6.75. The lowest BCUT2D eigenvalue weighted by molar-refractivity contribution is 0.0624. The van der Waals surface area contributed by atoms with E-state index in [1.807, 2.05) is 41.3 Å². The number of aromatic amines is 1. The Hall–Kier alpha value is -3.19. The minimum Gasteiger partial charge on any atom is -0.366 e. The van der Waals surface area contributed by atoms with Crippen LogP contribution in [0.1, 0.15) is 26.4 Å². The highest BCUT2D eigenvalue weighted by atomic mass is 16.2. The smallest absolute Gasteiger partial charge is 0.275 e. The number of carbonyl (C=O) groups excluding carboxylic acids is 2. The van der Waals surface area contributed by atoms with Crippen molar-refractivity contribution in [2.45, 2.75) is 6.54 Å². The molecule has 7 nitrogen and oxygen atoms in total. The van der Waals surface area contributed by atoms with E-state index in [1.54, 1.807) is 12.1 Å². The van der Waals surface area contributed by atoms with Gasteiger partial charge in [-0.15, -0.1) is 0 Å². The summed E-state index contributed by atoms with van der Waals surface area (Å²) in [6.07, 6.45) is 0. The first kappa shape index (κ1) is 17.2. The highest BCUT2D eigenvalue weighted by molar-refractivity contribution is 6.04. The van der Waals surface area contributed by atoms with Gasteiger partial charge in [0.15, 0.2) is 5.69 Å². The van der Waals surface area contributed by atoms with Crippen molar-refractivity contribution in [3.63, 3.8) is 0 Å². The molecule has 138 valence electrons. The summed E-state index contributed by atoms with van der Waals surface area (Å²) in [4.78, 5) is 28.1. The van der Waals surface area contributed by atoms with Gasteiger partial charge in [0.25, 0.3) is 5.91 Å². The SMILES string of the molecule is NC(=O)c1ccc(CN2CCN(C(=O)c3n[nH]c4ccccc34)CC2)cc1. The maximum Gasteiger partial charge on any atom is 0.275 e. The number of primary amides is 1. The van der Waals surface area contributed by atoms with Crippen LogP contribution in [-0.4, -0.2) is 58.0 Å². The Balaban J connectivity index is 1.37. The minimum atomic E-state index is -0.417. The van der Waals surface area contributed by atoms with E-state index in [1.165, 1.54) is 0 Å². The van der Waals surface area contributed by atoms with E-state index in [4.69, 9.17) is 5.73 Å². The zero-order valence-corrected chi connectivity index (χ0v) is 14.9. The number of amides is 2. The van der Waals surface area contributed by atoms with Gasteiger partial charge in [-0.25, -0.2) is 0 Å². The van der Waals surface area contributed by atoms with Crippen LogP contribution in [0, 0.1) is 0 Å². The first-order valence-electron chi connectivity index (χ1n) is 8.95. The van der Waals surface area contributed by atoms with Crippen molar-refractivity contribution in [3.8, 4) is 0 Å². The summed E-state index contributed by atoms with van der Waals surface area (Å²) in [7, 11) is 0. The number of H-pyrrole nitrogens is 1. The number of nitrogens with zero attached hydrogens (tertiary/aromatic N) is 3. The number of rotatable bonds is 4. The fourth-order valence-electron chi connectivity index (χ4n) is 3.42. The fourth-order valence-corrected chi connectivity index (χ4v) is 3.42. The molecule has 0 aliphatic carbocycles. The van der Waals surface area contributed by atoms with Gasteiger partial charge in [0.2, 0.25) is 5.91 Å². The number of benzene rings is 2. The first-order valence-corrected chi connectivity index (χ1v) is 8.95. The van der Waals surface area contributed by atoms with Crippen molar-refractivity contribution in [2.75, 3.05) is 26.2 Å². The summed E-state index contributed by atoms with van der Waals surface area (Å²) < 4.78 is 0. The lowest BCUT2D eigenvalue weighted by atomic mass is 10.1. The molecule has 2 aromatic carbocycles. The average molecular weight is 363 g/mol. The van der Waals surface area contributed by atoms with Crippen molar-refractivity contribution < 1.29 is 9.59 Å². The molecule has 7 heteroatoms. The van der Waals surface area contributed by atoms with Crippen LogP contribution in [-0.2, 0) is 6.54 Å². The summed E-state index contributed by atoms with van der Waals surface area (Å²) in [5.74, 6) is -0.447. The number of hydrogen-bond acceptors (Lipinski definition) is 4. The van der Waals surface area contributed by atoms with Crippen molar-refractivity contribution in [1.29, 1.82) is 0 Å². The number of carbonyl (C=O) groups is 2. The second-order valence-corrected chi connectivity index (χ2v) is 6.75. The number of aromatic nitrogens is 2. The van der Waals surface area contributed by atoms with Gasteiger partial charge >= 0.3 is 0 Å². The van der Waals surface area contributed by atoms with Crippen LogP contribution >= 0.6 is 0 Å². The molecule has 0 atom stereocenters. The molecule has 0 saturated carbocycles. The van der Waals surface area contributed by atoms with Crippen molar-refractivity contribution in [3.05, 3.63) is 65.4 Å². The molecule has 2 amide bonds. The van der Waals surface area contributed by atoms with E-state index in [0.717, 1.165) is 36.1 Å². The zero-order chi connectivity index (χ0) is 18.8. The van der Waals surface area contributed by atoms with E-state index in [2.05, 4.69) is 15.1 Å². The fraction of sp³-hybridized carbons (Fsp3) is 0.250. The predicted octanol–water partition coefficient (Wildman–Crippen LogP) is 1.62. The highest BCUT2D eigenvalue weighted by Gasteiger charge is 2.25. The molecule has 4 rings (SSSR count). The van der Waals surface area contributed by atoms with Crippen LogP contribution in [0.2, 0.25) is 0 Å². The number of hydrogen-bond donors (Lipinski definition) is 2. The standard InChI is InChI=1S/C20H21N5O2/c21-19(26)15-7-5-14(6-8-15)13-24-9-11-25(12-10-24)20(27)18-16-3-1-2-4-17(16)22-23-18/h1-8H,9-13H2,(H2,21,26)(H,22,23). The topological polar surface area (TPSA) is 95.3 Å². The first-order chi connectivity index (χ1) is 13.1. The molecular formula is C20H21N5O2. The number of nitrogens with two attached hydrogens (primary N) is 1. The molecule has 27 heavy (non-hydrogen) atoms. The third-order valence-electron chi connectivity index (χ3n) is 4.98. The number of fused-ring (bicyclic) bond motifs is 1. The van der Waals surface area contributed by atoms with Gasteiger partial charge in [0.1, 0.15) is 0 Å². The quantitative estimate of drug-likeness (QED) is 0.736. The van der Waals surface area contributed by atoms with E-state index in [9.17, 15) is 9.59 Å². The summed E-state index contributed by atoms with van der Waals surface area (Å²) >= 11 is 0. The van der Waals surface area contributed by atoms with E-state index < -0.39 is 5.91 Å². The van der Waals surface area contributed by atoms with Crippen LogP contribution in [0.15, 0.2) is 48.5 Å². The molecular weight excluding hydrogens is 342 g/mol. The zero-order valence-electron chi connectivity index (χ0n) is 14.9. The molecule has 0 radical (unpaired) electrons. The van der Waals surface area contributed by atoms with E-state index in [-0.39, 0.29) is 5.91 Å². The molecule has 1 saturated heterocycles. The molecule has 0 spiro atoms. The molecule has 1 fully saturated rings. The molecule has 1 aromatic heterocycles. The van der Waals surface area contributed by atoms with Gasteiger partial charge in [-0.3, -0.25) is 19.6 Å². The van der Waals surface area contributed by atoms with Gasteiger partial charge in [-0.1, -0.05) is 30.3 Å². The number of para-hydroxylation sites is 1. The predicted molar refractivity (Wildman–Crippen MR) is 102 cm³/mol. The Labute approximate surface area is 156 Å². The van der Waals surface area contributed by atoms with Crippen LogP contribution in [0.4, 0.5) is 0 Å². The van der Waals surface area contributed by atoms with Gasteiger partial charge in [0, 0.05) is 43.7 Å². The summed E-state index contributed by atoms with van der Waals surface area (Å²) in [5, 5.41) is 7.99. The van der Waals surface area contributed by atoms with E-state index >= 15 is 0 Å². The Morgan fingerprint density at radius 2 is 1.70 bits per heavy atom. The normalized spacial score (nSPS) is 15.2. The summed E-state index contributed by atoms with van der Waals surface area (Å²) in [6, 6.07) is 15.0. The molecule has 1 aliphatic rings. The Morgan fingerprint density at radius 3 is 2.41 bits per heavy atom.